The second-order valence-electron chi connectivity index (χ2n) is 6.60. The van der Waals surface area contributed by atoms with E-state index in [-0.39, 0.29) is 11.9 Å². The molecule has 0 radical (unpaired) electrons. The molecule has 0 saturated carbocycles. The molecule has 3 aromatic rings. The van der Waals surface area contributed by atoms with Gasteiger partial charge in [0.2, 0.25) is 5.95 Å². The van der Waals surface area contributed by atoms with E-state index in [2.05, 4.69) is 39.7 Å². The van der Waals surface area contributed by atoms with Crippen molar-refractivity contribution in [3.05, 3.63) is 88.7 Å². The summed E-state index contributed by atoms with van der Waals surface area (Å²) in [6, 6.07) is 19.6. The van der Waals surface area contributed by atoms with Gasteiger partial charge in [-0.1, -0.05) is 54.6 Å². The minimum absolute atomic E-state index is 0.0997. The molecule has 0 fully saturated rings. The van der Waals surface area contributed by atoms with Gasteiger partial charge in [-0.2, -0.15) is 0 Å². The van der Waals surface area contributed by atoms with Crippen LogP contribution in [0.2, 0.25) is 0 Å². The van der Waals surface area contributed by atoms with Crippen molar-refractivity contribution in [2.75, 3.05) is 5.32 Å². The van der Waals surface area contributed by atoms with Gasteiger partial charge in [0.25, 0.3) is 5.91 Å². The number of anilines is 1. The normalized spacial score (nSPS) is 11.7. The summed E-state index contributed by atoms with van der Waals surface area (Å²) in [6.45, 7) is 6.49. The minimum atomic E-state index is -0.212. The van der Waals surface area contributed by atoms with Crippen LogP contribution in [-0.2, 0) is 6.54 Å². The molecule has 1 atom stereocenters. The van der Waals surface area contributed by atoms with E-state index in [1.54, 1.807) is 6.07 Å². The molecule has 3 rings (SSSR count). The summed E-state index contributed by atoms with van der Waals surface area (Å²) in [7, 11) is 0. The highest BCUT2D eigenvalue weighted by atomic mass is 16.1. The van der Waals surface area contributed by atoms with Crippen molar-refractivity contribution in [3.63, 3.8) is 0 Å². The zero-order chi connectivity index (χ0) is 19.2. The largest absolute Gasteiger partial charge is 0.350 e. The van der Waals surface area contributed by atoms with E-state index >= 15 is 0 Å². The van der Waals surface area contributed by atoms with Gasteiger partial charge in [0, 0.05) is 12.2 Å². The first-order valence-corrected chi connectivity index (χ1v) is 9.03. The van der Waals surface area contributed by atoms with Gasteiger partial charge >= 0.3 is 0 Å². The number of aromatic nitrogens is 2. The number of nitrogens with one attached hydrogen (secondary N) is 2. The first-order chi connectivity index (χ1) is 13.0. The van der Waals surface area contributed by atoms with Crippen LogP contribution in [0.5, 0.6) is 0 Å². The maximum absolute atomic E-state index is 12.6. The summed E-state index contributed by atoms with van der Waals surface area (Å²) in [5, 5.41) is 6.21. The second kappa shape index (κ2) is 8.45. The Morgan fingerprint density at radius 2 is 1.70 bits per heavy atom. The maximum atomic E-state index is 12.6. The number of aryl methyl sites for hydroxylation is 2. The van der Waals surface area contributed by atoms with E-state index in [1.165, 1.54) is 11.1 Å². The van der Waals surface area contributed by atoms with Gasteiger partial charge in [0.1, 0.15) is 5.69 Å². The molecule has 5 heteroatoms. The molecule has 1 aromatic heterocycles. The Balaban J connectivity index is 1.71. The number of hydrogen-bond donors (Lipinski definition) is 2. The lowest BCUT2D eigenvalue weighted by Crippen LogP contribution is -2.28. The van der Waals surface area contributed by atoms with Gasteiger partial charge in [0.05, 0.1) is 6.04 Å². The van der Waals surface area contributed by atoms with E-state index in [0.717, 1.165) is 11.3 Å². The zero-order valence-electron chi connectivity index (χ0n) is 15.9. The van der Waals surface area contributed by atoms with Crippen molar-refractivity contribution >= 4 is 11.9 Å². The molecular weight excluding hydrogens is 336 g/mol. The van der Waals surface area contributed by atoms with E-state index in [4.69, 9.17) is 0 Å². The van der Waals surface area contributed by atoms with Crippen molar-refractivity contribution in [1.82, 2.24) is 15.3 Å². The smallest absolute Gasteiger partial charge is 0.270 e. The molecule has 0 saturated heterocycles. The van der Waals surface area contributed by atoms with Crippen molar-refractivity contribution in [3.8, 4) is 0 Å². The van der Waals surface area contributed by atoms with Crippen molar-refractivity contribution in [2.24, 2.45) is 0 Å². The lowest BCUT2D eigenvalue weighted by Gasteiger charge is -2.15. The van der Waals surface area contributed by atoms with Gasteiger partial charge in [0.15, 0.2) is 0 Å². The number of amides is 1. The third kappa shape index (κ3) is 4.91. The molecule has 5 nitrogen and oxygen atoms in total. The SMILES string of the molecule is Cc1cc(C(=O)NC(C)c2ccccc2)nc(NCc2ccccc2C)n1. The highest BCUT2D eigenvalue weighted by molar-refractivity contribution is 5.92. The highest BCUT2D eigenvalue weighted by Crippen LogP contribution is 2.14. The average Bonchev–Trinajstić information content (AvgIpc) is 2.67. The molecule has 2 aromatic carbocycles. The topological polar surface area (TPSA) is 66.9 Å². The van der Waals surface area contributed by atoms with E-state index in [0.29, 0.717) is 18.2 Å². The van der Waals surface area contributed by atoms with Gasteiger partial charge in [-0.15, -0.1) is 0 Å². The Kier molecular flexibility index (Phi) is 5.81. The number of carbonyl (C=O) groups is 1. The molecule has 0 aliphatic rings. The van der Waals surface area contributed by atoms with E-state index < -0.39 is 0 Å². The summed E-state index contributed by atoms with van der Waals surface area (Å²) >= 11 is 0. The fourth-order valence-electron chi connectivity index (χ4n) is 2.84. The first kappa shape index (κ1) is 18.6. The van der Waals surface area contributed by atoms with Crippen LogP contribution in [0.3, 0.4) is 0 Å². The van der Waals surface area contributed by atoms with Crippen LogP contribution in [0.15, 0.2) is 60.7 Å². The molecular formula is C22H24N4O. The fraction of sp³-hybridized carbons (Fsp3) is 0.227. The number of hydrogen-bond acceptors (Lipinski definition) is 4. The van der Waals surface area contributed by atoms with Crippen LogP contribution >= 0.6 is 0 Å². The van der Waals surface area contributed by atoms with Gasteiger partial charge in [-0.3, -0.25) is 4.79 Å². The molecule has 1 amide bonds. The van der Waals surface area contributed by atoms with Gasteiger partial charge < -0.3 is 10.6 Å². The zero-order valence-corrected chi connectivity index (χ0v) is 15.9. The van der Waals surface area contributed by atoms with E-state index in [1.807, 2.05) is 56.3 Å². The lowest BCUT2D eigenvalue weighted by molar-refractivity contribution is 0.0934. The van der Waals surface area contributed by atoms with Crippen LogP contribution in [0.25, 0.3) is 0 Å². The molecule has 138 valence electrons. The quantitative estimate of drug-likeness (QED) is 0.691. The Morgan fingerprint density at radius 3 is 2.44 bits per heavy atom. The average molecular weight is 360 g/mol. The van der Waals surface area contributed by atoms with Crippen molar-refractivity contribution in [2.45, 2.75) is 33.4 Å². The molecule has 1 unspecified atom stereocenters. The monoisotopic (exact) mass is 360 g/mol. The molecule has 0 spiro atoms. The summed E-state index contributed by atoms with van der Waals surface area (Å²) in [5.41, 5.74) is 4.53. The summed E-state index contributed by atoms with van der Waals surface area (Å²) in [5.74, 6) is 0.242. The molecule has 0 aliphatic heterocycles. The third-order valence-electron chi connectivity index (χ3n) is 4.43. The predicted molar refractivity (Wildman–Crippen MR) is 108 cm³/mol. The van der Waals surface area contributed by atoms with Crippen LogP contribution in [0.1, 0.15) is 45.8 Å². The predicted octanol–water partition coefficient (Wildman–Crippen LogP) is 4.20. The number of carbonyl (C=O) groups excluding carboxylic acids is 1. The van der Waals surface area contributed by atoms with E-state index in [9.17, 15) is 4.79 Å². The summed E-state index contributed by atoms with van der Waals surface area (Å²) in [4.78, 5) is 21.4. The Hall–Kier alpha value is -3.21. The van der Waals surface area contributed by atoms with Crippen LogP contribution < -0.4 is 10.6 Å². The Labute approximate surface area is 159 Å². The number of nitrogens with zero attached hydrogens (tertiary/aromatic N) is 2. The summed E-state index contributed by atoms with van der Waals surface area (Å²) < 4.78 is 0. The second-order valence-corrected chi connectivity index (χ2v) is 6.60. The minimum Gasteiger partial charge on any atom is -0.350 e. The lowest BCUT2D eigenvalue weighted by atomic mass is 10.1. The van der Waals surface area contributed by atoms with Gasteiger partial charge in [-0.25, -0.2) is 9.97 Å². The summed E-state index contributed by atoms with van der Waals surface area (Å²) in [6.07, 6.45) is 0. The number of benzene rings is 2. The number of rotatable bonds is 6. The molecule has 0 bridgehead atoms. The molecule has 2 N–H and O–H groups in total. The molecule has 0 aliphatic carbocycles. The Bertz CT molecular complexity index is 925. The van der Waals surface area contributed by atoms with Crippen molar-refractivity contribution in [1.29, 1.82) is 0 Å². The third-order valence-corrected chi connectivity index (χ3v) is 4.43. The first-order valence-electron chi connectivity index (χ1n) is 9.03. The van der Waals surface area contributed by atoms with Crippen LogP contribution in [-0.4, -0.2) is 15.9 Å². The van der Waals surface area contributed by atoms with Crippen LogP contribution in [0.4, 0.5) is 5.95 Å². The van der Waals surface area contributed by atoms with Gasteiger partial charge in [-0.05, 0) is 43.5 Å². The fourth-order valence-corrected chi connectivity index (χ4v) is 2.84. The Morgan fingerprint density at radius 1 is 1.00 bits per heavy atom. The highest BCUT2D eigenvalue weighted by Gasteiger charge is 2.14. The van der Waals surface area contributed by atoms with Crippen LogP contribution in [0, 0.1) is 13.8 Å². The standard InChI is InChI=1S/C22H24N4O/c1-15-9-7-8-12-19(15)14-23-22-24-16(2)13-20(26-22)21(27)25-17(3)18-10-5-4-6-11-18/h4-13,17H,14H2,1-3H3,(H,25,27)(H,23,24,26). The van der Waals surface area contributed by atoms with Crippen molar-refractivity contribution < 1.29 is 4.79 Å². The molecule has 27 heavy (non-hydrogen) atoms. The molecule has 1 heterocycles. The maximum Gasteiger partial charge on any atom is 0.270 e.